The van der Waals surface area contributed by atoms with Crippen LogP contribution < -0.4 is 15.1 Å². The average Bonchev–Trinajstić information content (AvgIpc) is 3.16. The van der Waals surface area contributed by atoms with Crippen LogP contribution in [0.25, 0.3) is 0 Å². The van der Waals surface area contributed by atoms with Gasteiger partial charge >= 0.3 is 0 Å². The molecule has 2 aromatic heterocycles. The van der Waals surface area contributed by atoms with Gasteiger partial charge in [0.05, 0.1) is 18.1 Å². The van der Waals surface area contributed by atoms with Crippen molar-refractivity contribution in [2.75, 3.05) is 49.2 Å². The van der Waals surface area contributed by atoms with Crippen LogP contribution in [-0.4, -0.2) is 61.3 Å². The summed E-state index contributed by atoms with van der Waals surface area (Å²) in [6.07, 6.45) is 3.49. The molecule has 8 heteroatoms. The summed E-state index contributed by atoms with van der Waals surface area (Å²) in [4.78, 5) is 27.7. The van der Waals surface area contributed by atoms with Crippen molar-refractivity contribution in [3.05, 3.63) is 34.3 Å². The predicted octanol–water partition coefficient (Wildman–Crippen LogP) is 2.08. The van der Waals surface area contributed by atoms with Gasteiger partial charge in [-0.1, -0.05) is 0 Å². The summed E-state index contributed by atoms with van der Waals surface area (Å²) >= 11 is 1.54. The number of nitrogens with one attached hydrogen (secondary N) is 1. The molecule has 4 heterocycles. The molecule has 0 bridgehead atoms. The smallest absolute Gasteiger partial charge is 0.261 e. The van der Waals surface area contributed by atoms with Crippen molar-refractivity contribution in [2.45, 2.75) is 25.8 Å². The fraction of sp³-hybridized carbons (Fsp3) is 0.526. The second-order valence-corrected chi connectivity index (χ2v) is 8.27. The number of carbonyl (C=O) groups excluding carboxylic acids is 1. The number of amides is 1. The van der Waals surface area contributed by atoms with Gasteiger partial charge in [0.25, 0.3) is 5.91 Å². The largest absolute Gasteiger partial charge is 0.378 e. The van der Waals surface area contributed by atoms with Gasteiger partial charge in [-0.05, 0) is 31.9 Å². The van der Waals surface area contributed by atoms with Crippen LogP contribution in [0.2, 0.25) is 0 Å². The molecule has 27 heavy (non-hydrogen) atoms. The van der Waals surface area contributed by atoms with Gasteiger partial charge in [-0.15, -0.1) is 11.3 Å². The van der Waals surface area contributed by atoms with Gasteiger partial charge in [0.15, 0.2) is 0 Å². The number of nitrogens with zero attached hydrogens (tertiary/aromatic N) is 4. The Balaban J connectivity index is 1.33. The molecule has 0 saturated carbocycles. The molecule has 4 rings (SSSR count). The Labute approximate surface area is 163 Å². The summed E-state index contributed by atoms with van der Waals surface area (Å²) in [5.41, 5.74) is 0. The summed E-state index contributed by atoms with van der Waals surface area (Å²) in [5.74, 6) is 1.97. The molecular formula is C19H25N5O2S. The minimum atomic E-state index is 0.0446. The Morgan fingerprint density at radius 3 is 2.41 bits per heavy atom. The lowest BCUT2D eigenvalue weighted by Gasteiger charge is -2.34. The number of aromatic nitrogens is 2. The molecule has 0 aliphatic carbocycles. The van der Waals surface area contributed by atoms with E-state index in [0.29, 0.717) is 0 Å². The topological polar surface area (TPSA) is 70.6 Å². The van der Waals surface area contributed by atoms with Gasteiger partial charge in [-0.2, -0.15) is 0 Å². The van der Waals surface area contributed by atoms with E-state index in [9.17, 15) is 4.79 Å². The van der Waals surface area contributed by atoms with Crippen LogP contribution in [-0.2, 0) is 4.74 Å². The van der Waals surface area contributed by atoms with Crippen LogP contribution >= 0.6 is 11.3 Å². The van der Waals surface area contributed by atoms with Crippen molar-refractivity contribution < 1.29 is 9.53 Å². The third kappa shape index (κ3) is 4.39. The van der Waals surface area contributed by atoms with E-state index in [1.54, 1.807) is 17.7 Å². The van der Waals surface area contributed by atoms with Gasteiger partial charge in [0, 0.05) is 43.2 Å². The fourth-order valence-electron chi connectivity index (χ4n) is 3.54. The van der Waals surface area contributed by atoms with Crippen LogP contribution in [0.15, 0.2) is 24.5 Å². The van der Waals surface area contributed by atoms with Gasteiger partial charge in [-0.3, -0.25) is 4.79 Å². The normalized spacial score (nSPS) is 18.6. The number of morpholine rings is 1. The molecule has 1 N–H and O–H groups in total. The highest BCUT2D eigenvalue weighted by Crippen LogP contribution is 2.22. The van der Waals surface area contributed by atoms with E-state index < -0.39 is 0 Å². The summed E-state index contributed by atoms with van der Waals surface area (Å²) in [6.45, 7) is 7.01. The SMILES string of the molecule is Cc1ccc(C(=O)NC2CCN(c3cc(N4CCOCC4)ncn3)CC2)s1. The Hall–Kier alpha value is -2.19. The van der Waals surface area contributed by atoms with Gasteiger partial charge in [-0.25, -0.2) is 9.97 Å². The Morgan fingerprint density at radius 2 is 1.78 bits per heavy atom. The zero-order chi connectivity index (χ0) is 18.6. The Kier molecular flexibility index (Phi) is 5.54. The van der Waals surface area contributed by atoms with Crippen molar-refractivity contribution >= 4 is 28.9 Å². The first kappa shape index (κ1) is 18.2. The minimum absolute atomic E-state index is 0.0446. The lowest BCUT2D eigenvalue weighted by Crippen LogP contribution is -2.45. The lowest BCUT2D eigenvalue weighted by molar-refractivity contribution is 0.0935. The first-order valence-corrected chi connectivity index (χ1v) is 10.3. The molecular weight excluding hydrogens is 362 g/mol. The highest BCUT2D eigenvalue weighted by Gasteiger charge is 2.23. The zero-order valence-corrected chi connectivity index (χ0v) is 16.4. The molecule has 1 amide bonds. The molecule has 144 valence electrons. The first-order chi connectivity index (χ1) is 13.2. The highest BCUT2D eigenvalue weighted by atomic mass is 32.1. The number of ether oxygens (including phenoxy) is 1. The molecule has 2 aliphatic rings. The highest BCUT2D eigenvalue weighted by molar-refractivity contribution is 7.13. The number of piperidine rings is 1. The number of anilines is 2. The van der Waals surface area contributed by atoms with Crippen LogP contribution in [0.1, 0.15) is 27.4 Å². The van der Waals surface area contributed by atoms with E-state index in [4.69, 9.17) is 4.74 Å². The van der Waals surface area contributed by atoms with Crippen LogP contribution in [0, 0.1) is 6.92 Å². The minimum Gasteiger partial charge on any atom is -0.378 e. The second kappa shape index (κ2) is 8.22. The van der Waals surface area contributed by atoms with E-state index >= 15 is 0 Å². The van der Waals surface area contributed by atoms with Crippen molar-refractivity contribution in [1.82, 2.24) is 15.3 Å². The average molecular weight is 388 g/mol. The number of rotatable bonds is 4. The van der Waals surface area contributed by atoms with E-state index in [2.05, 4.69) is 31.2 Å². The standard InChI is InChI=1S/C19H25N5O2S/c1-14-2-3-16(27-14)19(25)22-15-4-6-23(7-5-15)17-12-18(21-13-20-17)24-8-10-26-11-9-24/h2-3,12-13,15H,4-11H2,1H3,(H,22,25). The maximum atomic E-state index is 12.3. The Morgan fingerprint density at radius 1 is 1.11 bits per heavy atom. The number of thiophene rings is 1. The van der Waals surface area contributed by atoms with Gasteiger partial charge in [0.1, 0.15) is 18.0 Å². The molecule has 7 nitrogen and oxygen atoms in total. The third-order valence-electron chi connectivity index (χ3n) is 5.09. The number of carbonyl (C=O) groups is 1. The van der Waals surface area contributed by atoms with E-state index in [0.717, 1.165) is 73.6 Å². The van der Waals surface area contributed by atoms with E-state index in [1.165, 1.54) is 0 Å². The van der Waals surface area contributed by atoms with Crippen LogP contribution in [0.3, 0.4) is 0 Å². The quantitative estimate of drug-likeness (QED) is 0.866. The molecule has 2 saturated heterocycles. The third-order valence-corrected chi connectivity index (χ3v) is 6.09. The summed E-state index contributed by atoms with van der Waals surface area (Å²) in [5, 5.41) is 3.17. The van der Waals surface area contributed by atoms with Crippen molar-refractivity contribution in [2.24, 2.45) is 0 Å². The van der Waals surface area contributed by atoms with Crippen LogP contribution in [0.5, 0.6) is 0 Å². The molecule has 2 fully saturated rings. The molecule has 0 radical (unpaired) electrons. The second-order valence-electron chi connectivity index (χ2n) is 6.98. The summed E-state index contributed by atoms with van der Waals surface area (Å²) < 4.78 is 5.42. The maximum absolute atomic E-state index is 12.3. The van der Waals surface area contributed by atoms with Gasteiger partial charge in [0.2, 0.25) is 0 Å². The molecule has 0 aromatic carbocycles. The fourth-order valence-corrected chi connectivity index (χ4v) is 4.31. The molecule has 2 aliphatic heterocycles. The number of hydrogen-bond donors (Lipinski definition) is 1. The monoisotopic (exact) mass is 387 g/mol. The maximum Gasteiger partial charge on any atom is 0.261 e. The first-order valence-electron chi connectivity index (χ1n) is 9.46. The van der Waals surface area contributed by atoms with Crippen molar-refractivity contribution in [3.63, 3.8) is 0 Å². The molecule has 0 spiro atoms. The van der Waals surface area contributed by atoms with E-state index in [-0.39, 0.29) is 11.9 Å². The van der Waals surface area contributed by atoms with Gasteiger partial charge < -0.3 is 19.9 Å². The number of hydrogen-bond acceptors (Lipinski definition) is 7. The van der Waals surface area contributed by atoms with Crippen molar-refractivity contribution in [3.8, 4) is 0 Å². The molecule has 2 aromatic rings. The Bertz CT molecular complexity index is 782. The lowest BCUT2D eigenvalue weighted by atomic mass is 10.0. The zero-order valence-electron chi connectivity index (χ0n) is 15.6. The number of aryl methyl sites for hydroxylation is 1. The summed E-state index contributed by atoms with van der Waals surface area (Å²) in [7, 11) is 0. The van der Waals surface area contributed by atoms with Crippen molar-refractivity contribution in [1.29, 1.82) is 0 Å². The molecule has 0 unspecified atom stereocenters. The van der Waals surface area contributed by atoms with Crippen LogP contribution in [0.4, 0.5) is 11.6 Å². The predicted molar refractivity (Wildman–Crippen MR) is 107 cm³/mol. The molecule has 0 atom stereocenters. The summed E-state index contributed by atoms with van der Waals surface area (Å²) in [6, 6.07) is 6.18. The van der Waals surface area contributed by atoms with E-state index in [1.807, 2.05) is 19.1 Å².